The Bertz CT molecular complexity index is 478. The lowest BCUT2D eigenvalue weighted by molar-refractivity contribution is 0.605. The number of benzene rings is 2. The molecule has 1 heterocycles. The van der Waals surface area contributed by atoms with Crippen LogP contribution in [0.25, 0.3) is 10.8 Å². The average Bonchev–Trinajstić information content (AvgIpc) is 2.82. The van der Waals surface area contributed by atoms with Crippen LogP contribution in [-0.4, -0.2) is 12.6 Å². The molecule has 0 radical (unpaired) electrons. The van der Waals surface area contributed by atoms with Gasteiger partial charge in [-0.2, -0.15) is 0 Å². The number of rotatable bonds is 2. The third-order valence-electron chi connectivity index (χ3n) is 3.51. The molecule has 1 aliphatic rings. The van der Waals surface area contributed by atoms with Crippen molar-refractivity contribution in [2.24, 2.45) is 0 Å². The lowest BCUT2D eigenvalue weighted by Crippen LogP contribution is -2.23. The van der Waals surface area contributed by atoms with Crippen molar-refractivity contribution in [2.75, 3.05) is 6.54 Å². The van der Waals surface area contributed by atoms with Crippen molar-refractivity contribution in [1.29, 1.82) is 0 Å². The highest BCUT2D eigenvalue weighted by Gasteiger charge is 2.15. The first-order valence-electron chi connectivity index (χ1n) is 6.13. The molecule has 0 bridgehead atoms. The molecule has 2 aromatic carbocycles. The van der Waals surface area contributed by atoms with Crippen LogP contribution in [0.4, 0.5) is 0 Å². The summed E-state index contributed by atoms with van der Waals surface area (Å²) >= 11 is 0. The van der Waals surface area contributed by atoms with Gasteiger partial charge >= 0.3 is 0 Å². The molecule has 2 aromatic rings. The minimum absolute atomic E-state index is 0.686. The molecule has 82 valence electrons. The predicted molar refractivity (Wildman–Crippen MR) is 68.7 cm³/mol. The molecule has 1 aliphatic heterocycles. The van der Waals surface area contributed by atoms with Crippen molar-refractivity contribution in [3.05, 3.63) is 48.0 Å². The third kappa shape index (κ3) is 1.83. The van der Waals surface area contributed by atoms with Gasteiger partial charge in [0.2, 0.25) is 0 Å². The van der Waals surface area contributed by atoms with Crippen LogP contribution in [0.1, 0.15) is 18.4 Å². The van der Waals surface area contributed by atoms with Crippen LogP contribution >= 0.6 is 0 Å². The molecule has 0 aliphatic carbocycles. The number of hydrogen-bond donors (Lipinski definition) is 1. The van der Waals surface area contributed by atoms with E-state index in [-0.39, 0.29) is 0 Å². The zero-order valence-electron chi connectivity index (χ0n) is 9.45. The normalized spacial score (nSPS) is 20.4. The second-order valence-corrected chi connectivity index (χ2v) is 4.64. The van der Waals surface area contributed by atoms with Crippen LogP contribution in [0.2, 0.25) is 0 Å². The Morgan fingerprint density at radius 1 is 1.06 bits per heavy atom. The van der Waals surface area contributed by atoms with E-state index in [0.717, 1.165) is 0 Å². The van der Waals surface area contributed by atoms with Crippen molar-refractivity contribution in [3.8, 4) is 0 Å². The molecular formula is C15H17N. The van der Waals surface area contributed by atoms with Crippen molar-refractivity contribution < 1.29 is 0 Å². The Kier molecular flexibility index (Phi) is 2.63. The van der Waals surface area contributed by atoms with Gasteiger partial charge in [0.15, 0.2) is 0 Å². The van der Waals surface area contributed by atoms with Gasteiger partial charge in [-0.3, -0.25) is 0 Å². The third-order valence-corrected chi connectivity index (χ3v) is 3.51. The SMILES string of the molecule is c1ccc2c(C[C@H]3CCCN3)cccc2c1. The van der Waals surface area contributed by atoms with E-state index in [0.29, 0.717) is 6.04 Å². The fourth-order valence-corrected chi connectivity index (χ4v) is 2.67. The standard InChI is InChI=1S/C15H17N/c1-2-9-15-12(5-1)6-3-7-13(15)11-14-8-4-10-16-14/h1-3,5-7,9,14,16H,4,8,10-11H2/t14-/m1/s1. The molecule has 1 heteroatoms. The molecular weight excluding hydrogens is 194 g/mol. The van der Waals surface area contributed by atoms with Crippen LogP contribution in [0.3, 0.4) is 0 Å². The van der Waals surface area contributed by atoms with Crippen LogP contribution in [0.5, 0.6) is 0 Å². The Hall–Kier alpha value is -1.34. The zero-order chi connectivity index (χ0) is 10.8. The molecule has 16 heavy (non-hydrogen) atoms. The van der Waals surface area contributed by atoms with Crippen molar-refractivity contribution in [3.63, 3.8) is 0 Å². The van der Waals surface area contributed by atoms with Crippen molar-refractivity contribution >= 4 is 10.8 Å². The smallest absolute Gasteiger partial charge is 0.0108 e. The zero-order valence-corrected chi connectivity index (χ0v) is 9.45. The summed E-state index contributed by atoms with van der Waals surface area (Å²) in [7, 11) is 0. The lowest BCUT2D eigenvalue weighted by Gasteiger charge is -2.12. The van der Waals surface area contributed by atoms with Gasteiger partial charge in [0.05, 0.1) is 0 Å². The summed E-state index contributed by atoms with van der Waals surface area (Å²) < 4.78 is 0. The first-order chi connectivity index (χ1) is 7.93. The van der Waals surface area contributed by atoms with Gasteiger partial charge < -0.3 is 5.32 Å². The molecule has 0 unspecified atom stereocenters. The van der Waals surface area contributed by atoms with Gasteiger partial charge in [0.1, 0.15) is 0 Å². The minimum Gasteiger partial charge on any atom is -0.314 e. The molecule has 1 saturated heterocycles. The summed E-state index contributed by atoms with van der Waals surface area (Å²) in [6.45, 7) is 1.19. The van der Waals surface area contributed by atoms with Crippen molar-refractivity contribution in [2.45, 2.75) is 25.3 Å². The van der Waals surface area contributed by atoms with Gasteiger partial charge in [-0.25, -0.2) is 0 Å². The number of nitrogens with one attached hydrogen (secondary N) is 1. The maximum absolute atomic E-state index is 3.57. The van der Waals surface area contributed by atoms with Gasteiger partial charge in [-0.1, -0.05) is 42.5 Å². The van der Waals surface area contributed by atoms with E-state index in [9.17, 15) is 0 Å². The summed E-state index contributed by atoms with van der Waals surface area (Å²) in [5.41, 5.74) is 1.48. The summed E-state index contributed by atoms with van der Waals surface area (Å²) in [6, 6.07) is 16.0. The second-order valence-electron chi connectivity index (χ2n) is 4.64. The maximum atomic E-state index is 3.57. The highest BCUT2D eigenvalue weighted by molar-refractivity contribution is 5.85. The fourth-order valence-electron chi connectivity index (χ4n) is 2.67. The molecule has 1 N–H and O–H groups in total. The first-order valence-corrected chi connectivity index (χ1v) is 6.13. The summed E-state index contributed by atoms with van der Waals surface area (Å²) in [5.74, 6) is 0. The first kappa shape index (κ1) is 9.86. The van der Waals surface area contributed by atoms with Crippen molar-refractivity contribution in [1.82, 2.24) is 5.32 Å². The van der Waals surface area contributed by atoms with Crippen LogP contribution < -0.4 is 5.32 Å². The molecule has 0 aromatic heterocycles. The molecule has 1 nitrogen and oxygen atoms in total. The quantitative estimate of drug-likeness (QED) is 0.804. The second kappa shape index (κ2) is 4.26. The van der Waals surface area contributed by atoms with E-state index in [4.69, 9.17) is 0 Å². The molecule has 0 saturated carbocycles. The van der Waals surface area contributed by atoms with E-state index in [1.54, 1.807) is 0 Å². The monoisotopic (exact) mass is 211 g/mol. The van der Waals surface area contributed by atoms with E-state index in [1.807, 2.05) is 0 Å². The predicted octanol–water partition coefficient (Wildman–Crippen LogP) is 3.13. The van der Waals surface area contributed by atoms with Gasteiger partial charge in [-0.05, 0) is 42.1 Å². The van der Waals surface area contributed by atoms with Crippen LogP contribution in [0.15, 0.2) is 42.5 Å². The van der Waals surface area contributed by atoms with Gasteiger partial charge in [-0.15, -0.1) is 0 Å². The van der Waals surface area contributed by atoms with E-state index in [1.165, 1.54) is 42.1 Å². The topological polar surface area (TPSA) is 12.0 Å². The van der Waals surface area contributed by atoms with E-state index < -0.39 is 0 Å². The van der Waals surface area contributed by atoms with Crippen LogP contribution in [-0.2, 0) is 6.42 Å². The Labute approximate surface area is 96.5 Å². The Balaban J connectivity index is 1.96. The minimum atomic E-state index is 0.686. The molecule has 1 atom stereocenters. The molecule has 0 amide bonds. The van der Waals surface area contributed by atoms with Gasteiger partial charge in [0, 0.05) is 6.04 Å². The average molecular weight is 211 g/mol. The summed E-state index contributed by atoms with van der Waals surface area (Å²) in [4.78, 5) is 0. The van der Waals surface area contributed by atoms with Crippen LogP contribution in [0, 0.1) is 0 Å². The molecule has 1 fully saturated rings. The summed E-state index contributed by atoms with van der Waals surface area (Å²) in [5, 5.41) is 6.34. The Morgan fingerprint density at radius 3 is 2.81 bits per heavy atom. The largest absolute Gasteiger partial charge is 0.314 e. The number of hydrogen-bond acceptors (Lipinski definition) is 1. The molecule has 0 spiro atoms. The van der Waals surface area contributed by atoms with E-state index in [2.05, 4.69) is 47.8 Å². The fraction of sp³-hybridized carbons (Fsp3) is 0.333. The highest BCUT2D eigenvalue weighted by atomic mass is 14.9. The maximum Gasteiger partial charge on any atom is 0.0108 e. The Morgan fingerprint density at radius 2 is 1.94 bits per heavy atom. The highest BCUT2D eigenvalue weighted by Crippen LogP contribution is 2.21. The molecule has 3 rings (SSSR count). The van der Waals surface area contributed by atoms with E-state index >= 15 is 0 Å². The lowest BCUT2D eigenvalue weighted by atomic mass is 9.98. The number of fused-ring (bicyclic) bond motifs is 1. The summed E-state index contributed by atoms with van der Waals surface area (Å²) in [6.07, 6.45) is 3.82. The van der Waals surface area contributed by atoms with Gasteiger partial charge in [0.25, 0.3) is 0 Å².